The number of thiophene rings is 2. The molecule has 0 fully saturated rings. The topological polar surface area (TPSA) is 3.24 Å². The Kier molecular flexibility index (Phi) is 9.97. The first-order valence-electron chi connectivity index (χ1n) is 24.2. The average molecular weight is 938 g/mol. The van der Waals surface area contributed by atoms with Gasteiger partial charge in [0.1, 0.15) is 0 Å². The van der Waals surface area contributed by atoms with Crippen molar-refractivity contribution in [3.05, 3.63) is 261 Å². The van der Waals surface area contributed by atoms with E-state index < -0.39 is 0 Å². The number of hydrogen-bond donors (Lipinski definition) is 0. The van der Waals surface area contributed by atoms with Crippen LogP contribution in [0.5, 0.6) is 0 Å². The van der Waals surface area contributed by atoms with Gasteiger partial charge in [0, 0.05) is 57.4 Å². The first kappa shape index (κ1) is 41.4. The minimum absolute atomic E-state index is 1.09. The lowest BCUT2D eigenvalue weighted by Gasteiger charge is -2.26. The van der Waals surface area contributed by atoms with Crippen molar-refractivity contribution in [3.8, 4) is 55.6 Å². The molecule has 12 aromatic carbocycles. The highest BCUT2D eigenvalue weighted by Gasteiger charge is 2.18. The fraction of sp³-hybridized carbons (Fsp3) is 0. The Hall–Kier alpha value is -8.60. The molecule has 0 N–H and O–H groups in total. The maximum Gasteiger partial charge on any atom is 0.0462 e. The van der Waals surface area contributed by atoms with Gasteiger partial charge in [-0.05, 0) is 144 Å². The molecule has 0 radical (unpaired) electrons. The van der Waals surface area contributed by atoms with E-state index in [-0.39, 0.29) is 0 Å². The summed E-state index contributed by atoms with van der Waals surface area (Å²) < 4.78 is 5.27. The lowest BCUT2D eigenvalue weighted by atomic mass is 9.92. The first-order chi connectivity index (χ1) is 35.2. The van der Waals surface area contributed by atoms with Gasteiger partial charge in [0.2, 0.25) is 0 Å². The zero-order valence-electron chi connectivity index (χ0n) is 38.6. The van der Waals surface area contributed by atoms with Gasteiger partial charge in [-0.15, -0.1) is 22.7 Å². The molecule has 2 heterocycles. The summed E-state index contributed by atoms with van der Waals surface area (Å²) in [6.07, 6.45) is 0. The molecular weight excluding hydrogens is 895 g/mol. The second-order valence-electron chi connectivity index (χ2n) is 18.4. The van der Waals surface area contributed by atoms with Crippen molar-refractivity contribution in [1.82, 2.24) is 0 Å². The zero-order chi connectivity index (χ0) is 46.8. The van der Waals surface area contributed by atoms with Crippen LogP contribution in [0.15, 0.2) is 261 Å². The quantitative estimate of drug-likeness (QED) is 0.147. The Morgan fingerprint density at radius 3 is 1.03 bits per heavy atom. The lowest BCUT2D eigenvalue weighted by Crippen LogP contribution is -2.09. The summed E-state index contributed by atoms with van der Waals surface area (Å²) in [5.41, 5.74) is 15.5. The molecule has 0 atom stereocenters. The van der Waals surface area contributed by atoms with E-state index in [9.17, 15) is 0 Å². The molecule has 0 aliphatic carbocycles. The summed E-state index contributed by atoms with van der Waals surface area (Å²) in [7, 11) is 0. The standard InChI is InChI=1S/C68H43NS2/c1-3-17-55-45(13-1)15-9-21-57(55)47-31-37-53(38-32-47)69(54-39-33-48(34-40-54)58-22-10-16-46-14-2-4-18-56(46)58)52-35-29-44(30-36-52)49-41-50(59-23-11-25-63-61-19-5-7-27-65(61)70-67(59)63)43-51(42-49)60-24-12-26-64-62-20-6-8-28-66(62)71-68(60)64/h1-43H. The van der Waals surface area contributed by atoms with Crippen LogP contribution >= 0.6 is 22.7 Å². The van der Waals surface area contributed by atoms with Crippen LogP contribution < -0.4 is 4.90 Å². The highest BCUT2D eigenvalue weighted by Crippen LogP contribution is 2.46. The van der Waals surface area contributed by atoms with Crippen LogP contribution in [0.4, 0.5) is 17.1 Å². The van der Waals surface area contributed by atoms with Gasteiger partial charge in [-0.25, -0.2) is 0 Å². The maximum absolute atomic E-state index is 2.42. The molecule has 0 saturated carbocycles. The summed E-state index contributed by atoms with van der Waals surface area (Å²) in [5, 5.41) is 10.2. The van der Waals surface area contributed by atoms with E-state index in [4.69, 9.17) is 0 Å². The predicted octanol–water partition coefficient (Wildman–Crippen LogP) is 20.5. The molecule has 0 spiro atoms. The number of nitrogens with zero attached hydrogens (tertiary/aromatic N) is 1. The van der Waals surface area contributed by atoms with Crippen LogP contribution in [0.2, 0.25) is 0 Å². The molecule has 71 heavy (non-hydrogen) atoms. The predicted molar refractivity (Wildman–Crippen MR) is 309 cm³/mol. The molecule has 332 valence electrons. The summed E-state index contributed by atoms with van der Waals surface area (Å²) in [6.45, 7) is 0. The Bertz CT molecular complexity index is 4060. The molecule has 0 aliphatic heterocycles. The van der Waals surface area contributed by atoms with Crippen molar-refractivity contribution in [1.29, 1.82) is 0 Å². The molecule has 2 aromatic heterocycles. The monoisotopic (exact) mass is 937 g/mol. The van der Waals surface area contributed by atoms with E-state index in [1.165, 1.54) is 118 Å². The molecule has 0 amide bonds. The molecule has 14 rings (SSSR count). The minimum atomic E-state index is 1.09. The largest absolute Gasteiger partial charge is 0.311 e. The second-order valence-corrected chi connectivity index (χ2v) is 20.5. The molecule has 0 unspecified atom stereocenters. The third-order valence-electron chi connectivity index (χ3n) is 14.3. The van der Waals surface area contributed by atoms with Crippen LogP contribution in [0, 0.1) is 0 Å². The Morgan fingerprint density at radius 1 is 0.225 bits per heavy atom. The first-order valence-corrected chi connectivity index (χ1v) is 25.9. The van der Waals surface area contributed by atoms with Gasteiger partial charge in [-0.2, -0.15) is 0 Å². The number of fused-ring (bicyclic) bond motifs is 8. The van der Waals surface area contributed by atoms with E-state index in [0.717, 1.165) is 17.1 Å². The van der Waals surface area contributed by atoms with Gasteiger partial charge >= 0.3 is 0 Å². The second kappa shape index (κ2) is 17.1. The van der Waals surface area contributed by atoms with Crippen molar-refractivity contribution < 1.29 is 0 Å². The Labute approximate surface area is 420 Å². The maximum atomic E-state index is 2.42. The van der Waals surface area contributed by atoms with Crippen LogP contribution in [0.1, 0.15) is 0 Å². The fourth-order valence-electron chi connectivity index (χ4n) is 10.8. The Morgan fingerprint density at radius 2 is 0.563 bits per heavy atom. The van der Waals surface area contributed by atoms with Crippen molar-refractivity contribution in [2.24, 2.45) is 0 Å². The van der Waals surface area contributed by atoms with Crippen molar-refractivity contribution in [2.75, 3.05) is 4.90 Å². The molecule has 0 saturated heterocycles. The van der Waals surface area contributed by atoms with Gasteiger partial charge in [-0.1, -0.05) is 194 Å². The van der Waals surface area contributed by atoms with E-state index in [1.807, 2.05) is 22.7 Å². The van der Waals surface area contributed by atoms with Crippen LogP contribution in [0.25, 0.3) is 118 Å². The van der Waals surface area contributed by atoms with Crippen molar-refractivity contribution >= 4 is 102 Å². The Balaban J connectivity index is 0.903. The highest BCUT2D eigenvalue weighted by atomic mass is 32.1. The van der Waals surface area contributed by atoms with E-state index >= 15 is 0 Å². The fourth-order valence-corrected chi connectivity index (χ4v) is 13.3. The SMILES string of the molecule is c1ccc2c(-c3ccc(N(c4ccc(-c5cc(-c6cccc7c6sc6ccccc67)cc(-c6cccc7c6sc6ccccc67)c5)cc4)c4ccc(-c5cccc6ccccc56)cc4)cc3)cccc2c1. The number of anilines is 3. The highest BCUT2D eigenvalue weighted by molar-refractivity contribution is 7.26. The summed E-state index contributed by atoms with van der Waals surface area (Å²) in [4.78, 5) is 2.38. The number of benzene rings is 12. The minimum Gasteiger partial charge on any atom is -0.311 e. The van der Waals surface area contributed by atoms with E-state index in [2.05, 4.69) is 266 Å². The molecule has 0 bridgehead atoms. The lowest BCUT2D eigenvalue weighted by molar-refractivity contribution is 1.28. The average Bonchev–Trinajstić information content (AvgIpc) is 4.02. The molecular formula is C68H43NS2. The molecule has 3 heteroatoms. The third kappa shape index (κ3) is 7.21. The smallest absolute Gasteiger partial charge is 0.0462 e. The zero-order valence-corrected chi connectivity index (χ0v) is 40.2. The van der Waals surface area contributed by atoms with Gasteiger partial charge in [0.05, 0.1) is 0 Å². The number of rotatable bonds is 8. The van der Waals surface area contributed by atoms with Crippen molar-refractivity contribution in [3.63, 3.8) is 0 Å². The third-order valence-corrected chi connectivity index (χ3v) is 16.7. The molecule has 14 aromatic rings. The molecule has 1 nitrogen and oxygen atoms in total. The summed E-state index contributed by atoms with van der Waals surface area (Å²) in [5.74, 6) is 0. The van der Waals surface area contributed by atoms with Gasteiger partial charge in [-0.3, -0.25) is 0 Å². The van der Waals surface area contributed by atoms with Gasteiger partial charge < -0.3 is 4.90 Å². The number of hydrogen-bond acceptors (Lipinski definition) is 3. The van der Waals surface area contributed by atoms with Crippen LogP contribution in [-0.2, 0) is 0 Å². The van der Waals surface area contributed by atoms with Crippen molar-refractivity contribution in [2.45, 2.75) is 0 Å². The van der Waals surface area contributed by atoms with Crippen LogP contribution in [-0.4, -0.2) is 0 Å². The van der Waals surface area contributed by atoms with Crippen LogP contribution in [0.3, 0.4) is 0 Å². The summed E-state index contributed by atoms with van der Waals surface area (Å²) >= 11 is 3.78. The van der Waals surface area contributed by atoms with Gasteiger partial charge in [0.25, 0.3) is 0 Å². The summed E-state index contributed by atoms with van der Waals surface area (Å²) in [6, 6.07) is 96.2. The molecule has 0 aliphatic rings. The van der Waals surface area contributed by atoms with E-state index in [0.29, 0.717) is 0 Å². The van der Waals surface area contributed by atoms with E-state index in [1.54, 1.807) is 0 Å². The normalized spacial score (nSPS) is 11.7. The van der Waals surface area contributed by atoms with Gasteiger partial charge in [0.15, 0.2) is 0 Å².